The lowest BCUT2D eigenvalue weighted by molar-refractivity contribution is 0.494. The minimum Gasteiger partial charge on any atom is -0.206 e. The van der Waals surface area contributed by atoms with Crippen molar-refractivity contribution in [3.63, 3.8) is 0 Å². The average Bonchev–Trinajstić information content (AvgIpc) is 2.20. The Labute approximate surface area is 91.1 Å². The highest BCUT2D eigenvalue weighted by Crippen LogP contribution is 2.12. The first-order chi connectivity index (χ1) is 7.15. The molecule has 0 fully saturated rings. The Morgan fingerprint density at radius 1 is 1.07 bits per heavy atom. The molecule has 0 aliphatic heterocycles. The second kappa shape index (κ2) is 5.67. The number of rotatable bonds is 2. The van der Waals surface area contributed by atoms with Crippen molar-refractivity contribution in [1.82, 2.24) is 0 Å². The molecule has 0 saturated carbocycles. The van der Waals surface area contributed by atoms with Gasteiger partial charge in [-0.2, -0.15) is 0 Å². The van der Waals surface area contributed by atoms with Crippen molar-refractivity contribution in [3.05, 3.63) is 35.1 Å². The molecule has 0 nitrogen and oxygen atoms in total. The van der Waals surface area contributed by atoms with E-state index in [-0.39, 0.29) is 5.56 Å². The molecule has 0 spiro atoms. The molecule has 80 valence electrons. The van der Waals surface area contributed by atoms with Crippen LogP contribution < -0.4 is 0 Å². The SMILES string of the molecule is Fc1cc(F)c(C#CCCCCl)cc1F. The van der Waals surface area contributed by atoms with Gasteiger partial charge in [-0.1, -0.05) is 11.8 Å². The van der Waals surface area contributed by atoms with Gasteiger partial charge in [-0.25, -0.2) is 13.2 Å². The van der Waals surface area contributed by atoms with Gasteiger partial charge >= 0.3 is 0 Å². The molecule has 0 radical (unpaired) electrons. The van der Waals surface area contributed by atoms with Gasteiger partial charge in [-0.05, 0) is 12.5 Å². The van der Waals surface area contributed by atoms with Crippen LogP contribution in [0.2, 0.25) is 0 Å². The molecule has 0 bridgehead atoms. The van der Waals surface area contributed by atoms with Crippen LogP contribution in [0.4, 0.5) is 13.2 Å². The van der Waals surface area contributed by atoms with E-state index >= 15 is 0 Å². The molecular weight excluding hydrogens is 225 g/mol. The van der Waals surface area contributed by atoms with Crippen LogP contribution in [0.3, 0.4) is 0 Å². The quantitative estimate of drug-likeness (QED) is 0.317. The summed E-state index contributed by atoms with van der Waals surface area (Å²) in [5.74, 6) is 2.36. The molecule has 0 aliphatic carbocycles. The highest BCUT2D eigenvalue weighted by molar-refractivity contribution is 6.17. The van der Waals surface area contributed by atoms with E-state index in [1.807, 2.05) is 0 Å². The molecule has 0 aromatic heterocycles. The summed E-state index contributed by atoms with van der Waals surface area (Å²) in [7, 11) is 0. The standard InChI is InChI=1S/C11H8ClF3/c12-5-3-1-2-4-8-6-10(14)11(15)7-9(8)13/h6-7H,1,3,5H2. The van der Waals surface area contributed by atoms with Crippen LogP contribution >= 0.6 is 11.6 Å². The second-order valence-electron chi connectivity index (χ2n) is 2.84. The van der Waals surface area contributed by atoms with Crippen LogP contribution in [0.25, 0.3) is 0 Å². The first-order valence-electron chi connectivity index (χ1n) is 4.34. The summed E-state index contributed by atoms with van der Waals surface area (Å²) in [6.45, 7) is 0. The van der Waals surface area contributed by atoms with Gasteiger partial charge < -0.3 is 0 Å². The predicted octanol–water partition coefficient (Wildman–Crippen LogP) is 3.47. The van der Waals surface area contributed by atoms with E-state index in [9.17, 15) is 13.2 Å². The highest BCUT2D eigenvalue weighted by Gasteiger charge is 2.07. The van der Waals surface area contributed by atoms with Gasteiger partial charge in [-0.15, -0.1) is 11.6 Å². The maximum absolute atomic E-state index is 13.0. The van der Waals surface area contributed by atoms with Crippen molar-refractivity contribution in [2.75, 3.05) is 5.88 Å². The summed E-state index contributed by atoms with van der Waals surface area (Å²) >= 11 is 5.41. The van der Waals surface area contributed by atoms with Crippen molar-refractivity contribution in [2.24, 2.45) is 0 Å². The molecule has 1 rings (SSSR count). The monoisotopic (exact) mass is 232 g/mol. The van der Waals surface area contributed by atoms with E-state index in [4.69, 9.17) is 11.6 Å². The highest BCUT2D eigenvalue weighted by atomic mass is 35.5. The molecule has 0 aliphatic rings. The minimum absolute atomic E-state index is 0.136. The predicted molar refractivity (Wildman–Crippen MR) is 53.1 cm³/mol. The zero-order valence-corrected chi connectivity index (χ0v) is 8.54. The summed E-state index contributed by atoms with van der Waals surface area (Å²) in [6.07, 6.45) is 1.18. The third-order valence-electron chi connectivity index (χ3n) is 1.67. The molecule has 0 heterocycles. The average molecular weight is 233 g/mol. The van der Waals surface area contributed by atoms with Crippen molar-refractivity contribution in [3.8, 4) is 11.8 Å². The van der Waals surface area contributed by atoms with Crippen LogP contribution in [-0.2, 0) is 0 Å². The molecule has 0 N–H and O–H groups in total. The van der Waals surface area contributed by atoms with Crippen molar-refractivity contribution in [1.29, 1.82) is 0 Å². The fraction of sp³-hybridized carbons (Fsp3) is 0.273. The summed E-state index contributed by atoms with van der Waals surface area (Å²) in [6, 6.07) is 1.24. The lowest BCUT2D eigenvalue weighted by atomic mass is 10.2. The molecule has 0 saturated heterocycles. The first-order valence-corrected chi connectivity index (χ1v) is 4.88. The zero-order valence-electron chi connectivity index (χ0n) is 7.79. The Kier molecular flexibility index (Phi) is 4.51. The van der Waals surface area contributed by atoms with Gasteiger partial charge in [0.05, 0.1) is 5.56 Å². The maximum Gasteiger partial charge on any atom is 0.161 e. The van der Waals surface area contributed by atoms with E-state index in [0.29, 0.717) is 24.8 Å². The third kappa shape index (κ3) is 3.49. The Bertz CT molecular complexity index is 404. The second-order valence-corrected chi connectivity index (χ2v) is 3.22. The number of unbranched alkanes of at least 4 members (excludes halogenated alkanes) is 1. The van der Waals surface area contributed by atoms with Crippen LogP contribution in [0.15, 0.2) is 12.1 Å². The van der Waals surface area contributed by atoms with Gasteiger partial charge in [0, 0.05) is 18.4 Å². The van der Waals surface area contributed by atoms with E-state index < -0.39 is 17.5 Å². The molecule has 1 aromatic carbocycles. The van der Waals surface area contributed by atoms with E-state index in [2.05, 4.69) is 11.8 Å². The third-order valence-corrected chi connectivity index (χ3v) is 1.94. The zero-order chi connectivity index (χ0) is 11.3. The van der Waals surface area contributed by atoms with Gasteiger partial charge in [0.1, 0.15) is 5.82 Å². The van der Waals surface area contributed by atoms with Crippen LogP contribution in [0, 0.1) is 29.3 Å². The van der Waals surface area contributed by atoms with Crippen molar-refractivity contribution in [2.45, 2.75) is 12.8 Å². The Balaban J connectivity index is 2.84. The van der Waals surface area contributed by atoms with E-state index in [1.54, 1.807) is 0 Å². The molecule has 1 aromatic rings. The largest absolute Gasteiger partial charge is 0.206 e. The number of alkyl halides is 1. The van der Waals surface area contributed by atoms with Gasteiger partial charge in [0.25, 0.3) is 0 Å². The Morgan fingerprint density at radius 2 is 1.73 bits per heavy atom. The maximum atomic E-state index is 13.0. The summed E-state index contributed by atoms with van der Waals surface area (Å²) in [5.41, 5.74) is -0.136. The van der Waals surface area contributed by atoms with Gasteiger partial charge in [-0.3, -0.25) is 0 Å². The fourth-order valence-corrected chi connectivity index (χ4v) is 1.06. The first kappa shape index (κ1) is 11.9. The lowest BCUT2D eigenvalue weighted by Crippen LogP contribution is -1.91. The number of halogens is 4. The Morgan fingerprint density at radius 3 is 2.40 bits per heavy atom. The molecule has 0 atom stereocenters. The number of hydrogen-bond donors (Lipinski definition) is 0. The van der Waals surface area contributed by atoms with Crippen LogP contribution in [-0.4, -0.2) is 5.88 Å². The molecular formula is C11H8ClF3. The van der Waals surface area contributed by atoms with Crippen LogP contribution in [0.1, 0.15) is 18.4 Å². The molecule has 0 unspecified atom stereocenters. The fourth-order valence-electron chi connectivity index (χ4n) is 0.931. The van der Waals surface area contributed by atoms with Crippen LogP contribution in [0.5, 0.6) is 0 Å². The molecule has 4 heteroatoms. The summed E-state index contributed by atoms with van der Waals surface area (Å²) in [5, 5.41) is 0. The van der Waals surface area contributed by atoms with E-state index in [0.717, 1.165) is 6.07 Å². The van der Waals surface area contributed by atoms with Gasteiger partial charge in [0.15, 0.2) is 11.6 Å². The smallest absolute Gasteiger partial charge is 0.161 e. The van der Waals surface area contributed by atoms with Gasteiger partial charge in [0.2, 0.25) is 0 Å². The number of benzene rings is 1. The number of hydrogen-bond acceptors (Lipinski definition) is 0. The lowest BCUT2D eigenvalue weighted by Gasteiger charge is -1.96. The molecule has 15 heavy (non-hydrogen) atoms. The minimum atomic E-state index is -1.21. The topological polar surface area (TPSA) is 0 Å². The van der Waals surface area contributed by atoms with Crippen molar-refractivity contribution >= 4 is 11.6 Å². The van der Waals surface area contributed by atoms with E-state index in [1.165, 1.54) is 0 Å². The molecule has 0 amide bonds. The Hall–Kier alpha value is -1.14. The normalized spacial score (nSPS) is 9.60. The van der Waals surface area contributed by atoms with Crippen molar-refractivity contribution < 1.29 is 13.2 Å². The summed E-state index contributed by atoms with van der Waals surface area (Å²) in [4.78, 5) is 0. The summed E-state index contributed by atoms with van der Waals surface area (Å²) < 4.78 is 38.2.